The number of aryl methyl sites for hydroxylation is 1. The van der Waals surface area contributed by atoms with Gasteiger partial charge in [0.1, 0.15) is 17.0 Å². The van der Waals surface area contributed by atoms with Crippen LogP contribution in [-0.4, -0.2) is 71.3 Å². The molecule has 186 valence electrons. The average molecular weight is 488 g/mol. The van der Waals surface area contributed by atoms with E-state index in [2.05, 4.69) is 44.8 Å². The molecular weight excluding hydrogens is 450 g/mol. The van der Waals surface area contributed by atoms with Gasteiger partial charge in [0.05, 0.1) is 18.0 Å². The van der Waals surface area contributed by atoms with Crippen LogP contribution in [0.2, 0.25) is 0 Å². The van der Waals surface area contributed by atoms with Crippen LogP contribution >= 0.6 is 11.3 Å². The summed E-state index contributed by atoms with van der Waals surface area (Å²) >= 11 is 1.71. The topological polar surface area (TPSA) is 86.5 Å². The number of carbonyl (C=O) groups excluding carboxylic acids is 1. The molecule has 0 saturated carbocycles. The van der Waals surface area contributed by atoms with E-state index in [1.54, 1.807) is 23.7 Å². The molecular formula is C24H37N7O2S. The number of anilines is 1. The number of aromatic nitrogens is 2. The van der Waals surface area contributed by atoms with Gasteiger partial charge >= 0.3 is 0 Å². The SMILES string of the molecule is C=CC(C)N(N=NC/C=C\C)OCC(=O)N1CCN(c2ncnc3sc(CC)cc23)CC1.CC. The second-order valence-corrected chi connectivity index (χ2v) is 8.50. The van der Waals surface area contributed by atoms with Crippen molar-refractivity contribution >= 4 is 33.3 Å². The lowest BCUT2D eigenvalue weighted by molar-refractivity contribution is -0.190. The van der Waals surface area contributed by atoms with Crippen LogP contribution < -0.4 is 4.90 Å². The number of hydroxylamine groups is 1. The van der Waals surface area contributed by atoms with Gasteiger partial charge in [-0.2, -0.15) is 5.11 Å². The van der Waals surface area contributed by atoms with Crippen LogP contribution in [0, 0.1) is 0 Å². The van der Waals surface area contributed by atoms with Gasteiger partial charge in [0.2, 0.25) is 0 Å². The van der Waals surface area contributed by atoms with Crippen LogP contribution in [0.4, 0.5) is 5.82 Å². The first-order chi connectivity index (χ1) is 16.6. The second-order valence-electron chi connectivity index (χ2n) is 7.38. The molecule has 0 radical (unpaired) electrons. The highest BCUT2D eigenvalue weighted by atomic mass is 32.1. The Morgan fingerprint density at radius 1 is 1.32 bits per heavy atom. The van der Waals surface area contributed by atoms with Crippen molar-refractivity contribution in [2.45, 2.75) is 47.1 Å². The van der Waals surface area contributed by atoms with E-state index in [0.717, 1.165) is 22.5 Å². The fraction of sp³-hybridized carbons (Fsp3) is 0.542. The van der Waals surface area contributed by atoms with Crippen molar-refractivity contribution in [2.24, 2.45) is 10.3 Å². The molecule has 0 aliphatic carbocycles. The zero-order valence-electron chi connectivity index (χ0n) is 21.0. The molecule has 1 fully saturated rings. The Labute approximate surface area is 206 Å². The molecule has 2 aromatic heterocycles. The predicted molar refractivity (Wildman–Crippen MR) is 139 cm³/mol. The van der Waals surface area contributed by atoms with E-state index in [0.29, 0.717) is 32.7 Å². The zero-order valence-corrected chi connectivity index (χ0v) is 21.8. The first-order valence-electron chi connectivity index (χ1n) is 11.9. The number of carbonyl (C=O) groups is 1. The first kappa shape index (κ1) is 27.4. The summed E-state index contributed by atoms with van der Waals surface area (Å²) in [7, 11) is 0. The van der Waals surface area contributed by atoms with E-state index in [1.807, 2.05) is 44.7 Å². The third kappa shape index (κ3) is 7.33. The van der Waals surface area contributed by atoms with Gasteiger partial charge in [-0.05, 0) is 31.6 Å². The Kier molecular flexibility index (Phi) is 11.6. The minimum atomic E-state index is -0.201. The number of hydrogen-bond donors (Lipinski definition) is 0. The molecule has 1 aliphatic heterocycles. The van der Waals surface area contributed by atoms with E-state index in [-0.39, 0.29) is 18.6 Å². The summed E-state index contributed by atoms with van der Waals surface area (Å²) in [4.78, 5) is 33.6. The lowest BCUT2D eigenvalue weighted by atomic mass is 10.2. The van der Waals surface area contributed by atoms with Crippen molar-refractivity contribution in [3.8, 4) is 0 Å². The van der Waals surface area contributed by atoms with E-state index in [9.17, 15) is 4.79 Å². The molecule has 9 nitrogen and oxygen atoms in total. The van der Waals surface area contributed by atoms with Crippen molar-refractivity contribution in [3.05, 3.63) is 42.1 Å². The fourth-order valence-electron chi connectivity index (χ4n) is 3.27. The molecule has 10 heteroatoms. The van der Waals surface area contributed by atoms with Gasteiger partial charge in [-0.15, -0.1) is 23.1 Å². The molecule has 1 unspecified atom stereocenters. The Bertz CT molecular complexity index is 967. The summed E-state index contributed by atoms with van der Waals surface area (Å²) in [5.41, 5.74) is 0. The number of piperazine rings is 1. The maximum absolute atomic E-state index is 12.7. The monoisotopic (exact) mass is 487 g/mol. The molecule has 1 aliphatic rings. The average Bonchev–Trinajstić information content (AvgIpc) is 3.32. The van der Waals surface area contributed by atoms with E-state index in [4.69, 9.17) is 4.84 Å². The number of nitrogens with zero attached hydrogens (tertiary/aromatic N) is 7. The summed E-state index contributed by atoms with van der Waals surface area (Å²) in [5.74, 6) is 0.869. The number of allylic oxidation sites excluding steroid dienone is 1. The quantitative estimate of drug-likeness (QED) is 0.275. The summed E-state index contributed by atoms with van der Waals surface area (Å²) < 4.78 is 0. The molecule has 1 amide bonds. The molecule has 1 saturated heterocycles. The molecule has 3 rings (SSSR count). The Balaban J connectivity index is 0.00000199. The number of rotatable bonds is 10. The van der Waals surface area contributed by atoms with Gasteiger partial charge < -0.3 is 9.80 Å². The minimum Gasteiger partial charge on any atom is -0.352 e. The molecule has 3 heterocycles. The molecule has 0 aromatic carbocycles. The number of fused-ring (bicyclic) bond motifs is 1. The highest BCUT2D eigenvalue weighted by Crippen LogP contribution is 2.30. The van der Waals surface area contributed by atoms with E-state index < -0.39 is 0 Å². The number of thiophene rings is 1. The van der Waals surface area contributed by atoms with Crippen molar-refractivity contribution in [2.75, 3.05) is 44.2 Å². The summed E-state index contributed by atoms with van der Waals surface area (Å²) in [6.45, 7) is 16.7. The summed E-state index contributed by atoms with van der Waals surface area (Å²) in [5, 5.41) is 10.5. The first-order valence-corrected chi connectivity index (χ1v) is 12.7. The van der Waals surface area contributed by atoms with E-state index >= 15 is 0 Å². The van der Waals surface area contributed by atoms with Crippen LogP contribution in [0.15, 0.2) is 47.5 Å². The van der Waals surface area contributed by atoms with Crippen molar-refractivity contribution < 1.29 is 9.63 Å². The van der Waals surface area contributed by atoms with Gasteiger partial charge in [-0.1, -0.05) is 39.0 Å². The number of amides is 1. The zero-order chi connectivity index (χ0) is 24.9. The van der Waals surface area contributed by atoms with E-state index in [1.165, 1.54) is 10.0 Å². The maximum atomic E-state index is 12.7. The molecule has 0 spiro atoms. The highest BCUT2D eigenvalue weighted by Gasteiger charge is 2.24. The second kappa shape index (κ2) is 14.4. The largest absolute Gasteiger partial charge is 0.352 e. The lowest BCUT2D eigenvalue weighted by Gasteiger charge is -2.35. The van der Waals surface area contributed by atoms with Crippen molar-refractivity contribution in [1.29, 1.82) is 0 Å². The van der Waals surface area contributed by atoms with Crippen LogP contribution in [0.5, 0.6) is 0 Å². The van der Waals surface area contributed by atoms with Gasteiger partial charge in [-0.25, -0.2) is 14.8 Å². The van der Waals surface area contributed by atoms with Crippen LogP contribution in [0.3, 0.4) is 0 Å². The Morgan fingerprint density at radius 3 is 2.71 bits per heavy atom. The smallest absolute Gasteiger partial charge is 0.251 e. The fourth-order valence-corrected chi connectivity index (χ4v) is 4.20. The van der Waals surface area contributed by atoms with Gasteiger partial charge in [-0.3, -0.25) is 4.79 Å². The minimum absolute atomic E-state index is 0.0776. The van der Waals surface area contributed by atoms with Crippen molar-refractivity contribution in [3.63, 3.8) is 0 Å². The third-order valence-electron chi connectivity index (χ3n) is 5.22. The van der Waals surface area contributed by atoms with Crippen molar-refractivity contribution in [1.82, 2.24) is 20.0 Å². The summed E-state index contributed by atoms with van der Waals surface area (Å²) in [6, 6.07) is 1.98. The molecule has 1 atom stereocenters. The Morgan fingerprint density at radius 2 is 2.06 bits per heavy atom. The normalized spacial score (nSPS) is 15.0. The van der Waals surface area contributed by atoms with Crippen LogP contribution in [-0.2, 0) is 16.1 Å². The predicted octanol–water partition coefficient (Wildman–Crippen LogP) is 4.68. The molecule has 34 heavy (non-hydrogen) atoms. The Hall–Kier alpha value is -2.85. The van der Waals surface area contributed by atoms with Crippen LogP contribution in [0.1, 0.15) is 39.5 Å². The lowest BCUT2D eigenvalue weighted by Crippen LogP contribution is -2.50. The number of hydrogen-bond acceptors (Lipinski definition) is 8. The molecule has 0 bridgehead atoms. The van der Waals surface area contributed by atoms with Gasteiger partial charge in [0.15, 0.2) is 6.61 Å². The maximum Gasteiger partial charge on any atom is 0.251 e. The molecule has 0 N–H and O–H groups in total. The van der Waals surface area contributed by atoms with Gasteiger partial charge in [0.25, 0.3) is 5.91 Å². The van der Waals surface area contributed by atoms with Gasteiger partial charge in [0, 0.05) is 31.1 Å². The standard InChI is InChI=1S/C22H31N7O2S.C2H6/c1-5-8-9-25-26-29(17(4)6-2)31-15-20(30)27-10-12-28(13-11-27)21-19-14-18(7-3)32-22(19)24-16-23-21;1-2/h5-6,8,14,16-17H,2,7,9-13,15H2,1,3-4H3;1-2H3/b8-5-,26-25?;. The highest BCUT2D eigenvalue weighted by molar-refractivity contribution is 7.18. The third-order valence-corrected chi connectivity index (χ3v) is 6.41. The van der Waals surface area contributed by atoms with Crippen LogP contribution in [0.25, 0.3) is 10.2 Å². The summed E-state index contributed by atoms with van der Waals surface area (Å²) in [6.07, 6.45) is 8.08. The molecule has 2 aromatic rings.